The molecule has 126 valence electrons. The van der Waals surface area contributed by atoms with E-state index in [0.717, 1.165) is 31.5 Å². The monoisotopic (exact) mass is 329 g/mol. The number of carboxylic acid groups (broad SMARTS) is 1. The number of carbonyl (C=O) groups is 2. The van der Waals surface area contributed by atoms with Crippen LogP contribution in [-0.2, 0) is 17.7 Å². The molecule has 6 heteroatoms. The number of methoxy groups -OCH3 is 2. The second-order valence-corrected chi connectivity index (χ2v) is 5.71. The van der Waals surface area contributed by atoms with E-state index in [1.54, 1.807) is 18.2 Å². The van der Waals surface area contributed by atoms with Crippen LogP contribution in [0.1, 0.15) is 39.3 Å². The van der Waals surface area contributed by atoms with Gasteiger partial charge in [0.15, 0.2) is 0 Å². The fourth-order valence-corrected chi connectivity index (χ4v) is 3.23. The number of esters is 1. The highest BCUT2D eigenvalue weighted by Crippen LogP contribution is 2.34. The number of fused-ring (bicyclic) bond motifs is 1. The first-order valence-electron chi connectivity index (χ1n) is 7.79. The van der Waals surface area contributed by atoms with Crippen molar-refractivity contribution in [2.45, 2.75) is 25.8 Å². The normalized spacial score (nSPS) is 13.2. The lowest BCUT2D eigenvalue weighted by Gasteiger charge is -2.19. The summed E-state index contributed by atoms with van der Waals surface area (Å²) in [6.07, 6.45) is 2.76. The van der Waals surface area contributed by atoms with Crippen LogP contribution in [0.5, 0.6) is 5.75 Å². The Labute approximate surface area is 139 Å². The smallest absolute Gasteiger partial charge is 0.339 e. The van der Waals surface area contributed by atoms with Crippen molar-refractivity contribution in [3.05, 3.63) is 41.1 Å². The predicted octanol–water partition coefficient (Wildman–Crippen LogP) is 2.98. The van der Waals surface area contributed by atoms with E-state index in [2.05, 4.69) is 0 Å². The van der Waals surface area contributed by atoms with Crippen molar-refractivity contribution in [2.75, 3.05) is 14.2 Å². The lowest BCUT2D eigenvalue weighted by Crippen LogP contribution is -2.14. The van der Waals surface area contributed by atoms with Gasteiger partial charge < -0.3 is 19.1 Å². The average Bonchev–Trinajstić information content (AvgIpc) is 3.00. The SMILES string of the molecule is COC(=O)c1cc(-c2cc(OC)ccc2C(=O)O)n2c1CCCC2. The molecule has 2 heterocycles. The van der Waals surface area contributed by atoms with Gasteiger partial charge in [-0.25, -0.2) is 9.59 Å². The summed E-state index contributed by atoms with van der Waals surface area (Å²) in [7, 11) is 2.89. The molecular weight excluding hydrogens is 310 g/mol. The molecule has 0 fully saturated rings. The zero-order valence-electron chi connectivity index (χ0n) is 13.7. The summed E-state index contributed by atoms with van der Waals surface area (Å²) < 4.78 is 12.1. The first kappa shape index (κ1) is 16.1. The molecule has 0 amide bonds. The van der Waals surface area contributed by atoms with Crippen LogP contribution in [-0.4, -0.2) is 35.8 Å². The minimum atomic E-state index is -1.02. The largest absolute Gasteiger partial charge is 0.497 e. The zero-order valence-corrected chi connectivity index (χ0v) is 13.7. The van der Waals surface area contributed by atoms with Gasteiger partial charge in [0.05, 0.1) is 31.0 Å². The van der Waals surface area contributed by atoms with E-state index in [0.29, 0.717) is 22.6 Å². The van der Waals surface area contributed by atoms with Crippen molar-refractivity contribution in [1.82, 2.24) is 4.57 Å². The maximum absolute atomic E-state index is 12.1. The number of benzene rings is 1. The average molecular weight is 329 g/mol. The van der Waals surface area contributed by atoms with Gasteiger partial charge in [-0.05, 0) is 43.5 Å². The Bertz CT molecular complexity index is 806. The second-order valence-electron chi connectivity index (χ2n) is 5.71. The Morgan fingerprint density at radius 2 is 1.92 bits per heavy atom. The van der Waals surface area contributed by atoms with Crippen molar-refractivity contribution in [1.29, 1.82) is 0 Å². The second kappa shape index (κ2) is 6.39. The Balaban J connectivity index is 2.25. The summed E-state index contributed by atoms with van der Waals surface area (Å²) in [5, 5.41) is 9.52. The molecule has 0 aliphatic carbocycles. The van der Waals surface area contributed by atoms with Gasteiger partial charge >= 0.3 is 11.9 Å². The van der Waals surface area contributed by atoms with Gasteiger partial charge in [-0.1, -0.05) is 0 Å². The van der Waals surface area contributed by atoms with Crippen LogP contribution < -0.4 is 4.74 Å². The van der Waals surface area contributed by atoms with Gasteiger partial charge in [0.25, 0.3) is 0 Å². The number of nitrogens with zero attached hydrogens (tertiary/aromatic N) is 1. The van der Waals surface area contributed by atoms with Crippen LogP contribution in [0.15, 0.2) is 24.3 Å². The molecule has 6 nitrogen and oxygen atoms in total. The van der Waals surface area contributed by atoms with E-state index in [1.165, 1.54) is 20.3 Å². The van der Waals surface area contributed by atoms with Gasteiger partial charge in [0, 0.05) is 17.8 Å². The van der Waals surface area contributed by atoms with Crippen molar-refractivity contribution in [3.63, 3.8) is 0 Å². The molecule has 24 heavy (non-hydrogen) atoms. The first-order chi connectivity index (χ1) is 11.6. The molecule has 1 N–H and O–H groups in total. The Hall–Kier alpha value is -2.76. The third-order valence-electron chi connectivity index (χ3n) is 4.39. The molecule has 1 aromatic heterocycles. The summed E-state index contributed by atoms with van der Waals surface area (Å²) in [6, 6.07) is 6.57. The summed E-state index contributed by atoms with van der Waals surface area (Å²) >= 11 is 0. The Kier molecular flexibility index (Phi) is 4.29. The Morgan fingerprint density at radius 3 is 2.58 bits per heavy atom. The van der Waals surface area contributed by atoms with E-state index in [1.807, 2.05) is 4.57 Å². The minimum absolute atomic E-state index is 0.179. The number of carboxylic acids is 1. The maximum Gasteiger partial charge on any atom is 0.339 e. The van der Waals surface area contributed by atoms with Crippen LogP contribution >= 0.6 is 0 Å². The molecule has 1 aromatic carbocycles. The molecule has 0 atom stereocenters. The molecule has 1 aliphatic heterocycles. The number of hydrogen-bond acceptors (Lipinski definition) is 4. The highest BCUT2D eigenvalue weighted by Gasteiger charge is 2.26. The number of rotatable bonds is 4. The summed E-state index contributed by atoms with van der Waals surface area (Å²) in [6.45, 7) is 0.748. The lowest BCUT2D eigenvalue weighted by molar-refractivity contribution is 0.0598. The van der Waals surface area contributed by atoms with E-state index >= 15 is 0 Å². The van der Waals surface area contributed by atoms with Crippen LogP contribution in [0.2, 0.25) is 0 Å². The van der Waals surface area contributed by atoms with Gasteiger partial charge in [-0.2, -0.15) is 0 Å². The van der Waals surface area contributed by atoms with Crippen molar-refractivity contribution < 1.29 is 24.2 Å². The number of aromatic carboxylic acids is 1. The molecule has 0 saturated heterocycles. The molecule has 3 rings (SSSR count). The topological polar surface area (TPSA) is 77.8 Å². The van der Waals surface area contributed by atoms with Crippen LogP contribution in [0, 0.1) is 0 Å². The maximum atomic E-state index is 12.1. The van der Waals surface area contributed by atoms with E-state index < -0.39 is 11.9 Å². The predicted molar refractivity (Wildman–Crippen MR) is 87.7 cm³/mol. The fourth-order valence-electron chi connectivity index (χ4n) is 3.23. The van der Waals surface area contributed by atoms with E-state index in [-0.39, 0.29) is 5.56 Å². The number of carbonyl (C=O) groups excluding carboxylic acids is 1. The van der Waals surface area contributed by atoms with Crippen LogP contribution in [0.25, 0.3) is 11.3 Å². The van der Waals surface area contributed by atoms with E-state index in [9.17, 15) is 14.7 Å². The molecule has 0 radical (unpaired) electrons. The molecular formula is C18H19NO5. The molecule has 1 aliphatic rings. The number of hydrogen-bond donors (Lipinski definition) is 1. The van der Waals surface area contributed by atoms with Crippen molar-refractivity contribution >= 4 is 11.9 Å². The zero-order chi connectivity index (χ0) is 17.3. The standard InChI is InChI=1S/C18H19NO5/c1-23-11-6-7-12(17(20)21)13(9-11)16-10-14(18(22)24-2)15-5-3-4-8-19(15)16/h6-7,9-10H,3-5,8H2,1-2H3,(H,20,21). The molecule has 0 bridgehead atoms. The van der Waals surface area contributed by atoms with Gasteiger partial charge in [0.1, 0.15) is 5.75 Å². The Morgan fingerprint density at radius 1 is 1.12 bits per heavy atom. The highest BCUT2D eigenvalue weighted by molar-refractivity contribution is 5.98. The summed E-state index contributed by atoms with van der Waals surface area (Å²) in [4.78, 5) is 23.7. The first-order valence-corrected chi connectivity index (χ1v) is 7.79. The van der Waals surface area contributed by atoms with Crippen molar-refractivity contribution in [2.24, 2.45) is 0 Å². The highest BCUT2D eigenvalue weighted by atomic mass is 16.5. The molecule has 0 spiro atoms. The van der Waals surface area contributed by atoms with Crippen LogP contribution in [0.3, 0.4) is 0 Å². The van der Waals surface area contributed by atoms with Crippen molar-refractivity contribution in [3.8, 4) is 17.0 Å². The van der Waals surface area contributed by atoms with Gasteiger partial charge in [-0.15, -0.1) is 0 Å². The quantitative estimate of drug-likeness (QED) is 0.873. The van der Waals surface area contributed by atoms with E-state index in [4.69, 9.17) is 9.47 Å². The molecule has 0 saturated carbocycles. The number of aromatic nitrogens is 1. The third kappa shape index (κ3) is 2.64. The molecule has 2 aromatic rings. The minimum Gasteiger partial charge on any atom is -0.497 e. The fraction of sp³-hybridized carbons (Fsp3) is 0.333. The third-order valence-corrected chi connectivity index (χ3v) is 4.39. The lowest BCUT2D eigenvalue weighted by atomic mass is 10.0. The summed E-state index contributed by atoms with van der Waals surface area (Å²) in [5.74, 6) is -0.841. The number of ether oxygens (including phenoxy) is 2. The summed E-state index contributed by atoms with van der Waals surface area (Å²) in [5.41, 5.74) is 2.84. The van der Waals surface area contributed by atoms with Gasteiger partial charge in [0.2, 0.25) is 0 Å². The molecule has 0 unspecified atom stereocenters. The van der Waals surface area contributed by atoms with Crippen LogP contribution in [0.4, 0.5) is 0 Å². The van der Waals surface area contributed by atoms with Gasteiger partial charge in [-0.3, -0.25) is 0 Å².